The van der Waals surface area contributed by atoms with Crippen LogP contribution in [0.15, 0.2) is 18.8 Å². The maximum absolute atomic E-state index is 6.26. The minimum atomic E-state index is 0.0376. The molecule has 0 fully saturated rings. The zero-order valence-electron chi connectivity index (χ0n) is 16.9. The lowest BCUT2D eigenvalue weighted by Gasteiger charge is -2.21. The number of aromatic nitrogens is 5. The van der Waals surface area contributed by atoms with Gasteiger partial charge in [0.15, 0.2) is 0 Å². The van der Waals surface area contributed by atoms with Crippen LogP contribution in [-0.4, -0.2) is 55.5 Å². The molecule has 0 aromatic carbocycles. The second-order valence-corrected chi connectivity index (χ2v) is 8.89. The van der Waals surface area contributed by atoms with Gasteiger partial charge in [0.25, 0.3) is 0 Å². The van der Waals surface area contributed by atoms with Crippen molar-refractivity contribution in [2.75, 3.05) is 20.1 Å². The summed E-state index contributed by atoms with van der Waals surface area (Å²) >= 11 is 2.33. The largest absolute Gasteiger partial charge is 0.473 e. The van der Waals surface area contributed by atoms with Gasteiger partial charge >= 0.3 is 0 Å². The first-order valence-electron chi connectivity index (χ1n) is 9.16. The van der Waals surface area contributed by atoms with Gasteiger partial charge in [-0.15, -0.1) is 0 Å². The molecule has 0 saturated heterocycles. The fraction of sp³-hybridized carbons (Fsp3) is 0.421. The topological polar surface area (TPSA) is 61.0 Å². The van der Waals surface area contributed by atoms with E-state index in [4.69, 9.17) is 9.72 Å². The van der Waals surface area contributed by atoms with Gasteiger partial charge in [0.05, 0.1) is 40.7 Å². The summed E-state index contributed by atoms with van der Waals surface area (Å²) in [5.41, 5.74) is 4.58. The zero-order valence-corrected chi connectivity index (χ0v) is 20.1. The van der Waals surface area contributed by atoms with Crippen molar-refractivity contribution in [1.29, 1.82) is 0 Å². The summed E-state index contributed by atoms with van der Waals surface area (Å²) < 4.78 is 10.0. The van der Waals surface area contributed by atoms with Gasteiger partial charge in [-0.2, -0.15) is 10.2 Å². The number of fused-ring (bicyclic) bond motifs is 1. The molecule has 150 valence electrons. The minimum absolute atomic E-state index is 0.0376. The highest BCUT2D eigenvalue weighted by molar-refractivity contribution is 14.2. The number of pyridine rings is 1. The average Bonchev–Trinajstić information content (AvgIpc) is 3.22. The molecule has 28 heavy (non-hydrogen) atoms. The van der Waals surface area contributed by atoms with Crippen LogP contribution in [0.4, 0.5) is 0 Å². The molecule has 9 heteroatoms. The highest BCUT2D eigenvalue weighted by Crippen LogP contribution is 2.36. The first-order chi connectivity index (χ1) is 13.4. The van der Waals surface area contributed by atoms with Gasteiger partial charge in [-0.1, -0.05) is 13.5 Å². The van der Waals surface area contributed by atoms with Gasteiger partial charge in [0, 0.05) is 19.0 Å². The quantitative estimate of drug-likeness (QED) is 0.333. The highest BCUT2D eigenvalue weighted by Gasteiger charge is 2.20. The average molecular weight is 512 g/mol. The Kier molecular flexibility index (Phi) is 6.73. The Bertz CT molecular complexity index is 998. The fourth-order valence-electron chi connectivity index (χ4n) is 3.23. The first kappa shape index (κ1) is 21.2. The van der Waals surface area contributed by atoms with Crippen molar-refractivity contribution in [3.8, 4) is 17.1 Å². The second-order valence-electron chi connectivity index (χ2n) is 6.85. The Morgan fingerprint density at radius 1 is 1.46 bits per heavy atom. The number of hydrogen-bond donors (Lipinski definition) is 0. The van der Waals surface area contributed by atoms with Crippen molar-refractivity contribution in [1.82, 2.24) is 29.2 Å². The molecule has 3 heterocycles. The number of hydrogen-bond acceptors (Lipinski definition) is 5. The van der Waals surface area contributed by atoms with Crippen LogP contribution in [0.1, 0.15) is 25.2 Å². The van der Waals surface area contributed by atoms with Gasteiger partial charge in [0.1, 0.15) is 6.10 Å². The van der Waals surface area contributed by atoms with E-state index in [-0.39, 0.29) is 6.10 Å². The standard InChI is InChI=1S/C19H26IN6OP/c1-7-16-14-9-17(22-13(4)18(14)26(23-16)28-20)15-10-21-25(6)19(15)27-12(3)11-24(5)8-2/h7,9-10,12,28H,1,8,11H2,2-6H3. The number of halogens is 1. The van der Waals surface area contributed by atoms with Crippen molar-refractivity contribution in [3.63, 3.8) is 0 Å². The third kappa shape index (κ3) is 4.09. The predicted molar refractivity (Wildman–Crippen MR) is 126 cm³/mol. The van der Waals surface area contributed by atoms with Gasteiger partial charge in [-0.3, -0.25) is 4.98 Å². The Hall–Kier alpha value is -1.51. The monoisotopic (exact) mass is 512 g/mol. The Labute approximate surface area is 180 Å². The van der Waals surface area contributed by atoms with Crippen LogP contribution in [0.2, 0.25) is 0 Å². The van der Waals surface area contributed by atoms with Crippen LogP contribution < -0.4 is 4.74 Å². The Balaban J connectivity index is 2.05. The van der Waals surface area contributed by atoms with E-state index < -0.39 is 0 Å². The third-order valence-corrected chi connectivity index (χ3v) is 6.57. The van der Waals surface area contributed by atoms with Gasteiger partial charge in [0.2, 0.25) is 5.88 Å². The minimum Gasteiger partial charge on any atom is -0.473 e. The number of ether oxygens (including phenoxy) is 1. The normalized spacial score (nSPS) is 13.1. The number of nitrogens with zero attached hydrogens (tertiary/aromatic N) is 6. The van der Waals surface area contributed by atoms with E-state index in [1.54, 1.807) is 10.8 Å². The van der Waals surface area contributed by atoms with Crippen LogP contribution in [0.5, 0.6) is 5.88 Å². The summed E-state index contributed by atoms with van der Waals surface area (Å²) in [6.45, 7) is 12.0. The van der Waals surface area contributed by atoms with Crippen molar-refractivity contribution < 1.29 is 4.74 Å². The Morgan fingerprint density at radius 2 is 2.21 bits per heavy atom. The van der Waals surface area contributed by atoms with Crippen LogP contribution in [-0.2, 0) is 7.05 Å². The van der Waals surface area contributed by atoms with E-state index in [9.17, 15) is 0 Å². The van der Waals surface area contributed by atoms with Crippen molar-refractivity contribution in [3.05, 3.63) is 30.2 Å². The van der Waals surface area contributed by atoms with Crippen molar-refractivity contribution in [2.45, 2.75) is 26.9 Å². The molecule has 0 aliphatic heterocycles. The fourth-order valence-corrected chi connectivity index (χ4v) is 4.79. The van der Waals surface area contributed by atoms with E-state index in [1.165, 1.54) is 0 Å². The summed E-state index contributed by atoms with van der Waals surface area (Å²) in [4.78, 5) is 7.08. The molecule has 7 nitrogen and oxygen atoms in total. The van der Waals surface area contributed by atoms with E-state index in [0.717, 1.165) is 52.5 Å². The second kappa shape index (κ2) is 8.88. The molecule has 2 unspecified atom stereocenters. The molecule has 0 aliphatic rings. The molecular formula is C19H26IN6OP. The molecule has 0 aliphatic carbocycles. The third-order valence-electron chi connectivity index (χ3n) is 4.72. The molecule has 0 saturated carbocycles. The lowest BCUT2D eigenvalue weighted by atomic mass is 10.1. The molecule has 3 aromatic heterocycles. The number of rotatable bonds is 8. The lowest BCUT2D eigenvalue weighted by molar-refractivity contribution is 0.155. The maximum Gasteiger partial charge on any atom is 0.221 e. The van der Waals surface area contributed by atoms with Gasteiger partial charge < -0.3 is 9.64 Å². The predicted octanol–water partition coefficient (Wildman–Crippen LogP) is 4.29. The summed E-state index contributed by atoms with van der Waals surface area (Å²) in [6.07, 6.45) is 4.15. The molecule has 3 aromatic rings. The molecule has 3 rings (SSSR count). The van der Waals surface area contributed by atoms with E-state index in [2.05, 4.69) is 70.7 Å². The van der Waals surface area contributed by atoms with Crippen LogP contribution in [0, 0.1) is 6.92 Å². The molecular weight excluding hydrogens is 486 g/mol. The highest BCUT2D eigenvalue weighted by atomic mass is 127. The molecule has 0 radical (unpaired) electrons. The van der Waals surface area contributed by atoms with Gasteiger partial charge in [-0.05, 0) is 61.6 Å². The summed E-state index contributed by atoms with van der Waals surface area (Å²) in [5.74, 6) is 0.728. The van der Waals surface area contributed by atoms with E-state index in [1.807, 2.05) is 24.6 Å². The Morgan fingerprint density at radius 3 is 2.86 bits per heavy atom. The van der Waals surface area contributed by atoms with Crippen molar-refractivity contribution in [2.24, 2.45) is 7.05 Å². The van der Waals surface area contributed by atoms with E-state index in [0.29, 0.717) is 6.37 Å². The summed E-state index contributed by atoms with van der Waals surface area (Å²) in [7, 11) is 3.98. The summed E-state index contributed by atoms with van der Waals surface area (Å²) in [6, 6.07) is 2.06. The smallest absolute Gasteiger partial charge is 0.221 e. The maximum atomic E-state index is 6.26. The first-order valence-corrected chi connectivity index (χ1v) is 13.2. The molecule has 0 spiro atoms. The SMILES string of the molecule is C=Cc1nn(PI)c2c(C)nc(-c3cnn(C)c3OC(C)CN(C)CC)cc12. The van der Waals surface area contributed by atoms with Crippen LogP contribution >= 0.6 is 28.4 Å². The van der Waals surface area contributed by atoms with E-state index >= 15 is 0 Å². The van der Waals surface area contributed by atoms with Crippen LogP contribution in [0.25, 0.3) is 28.2 Å². The number of aryl methyl sites for hydroxylation is 2. The molecule has 0 bridgehead atoms. The zero-order chi connectivity index (χ0) is 20.4. The molecule has 2 atom stereocenters. The molecule has 0 N–H and O–H groups in total. The number of likely N-dealkylation sites (N-methyl/N-ethyl adjacent to an activating group) is 1. The van der Waals surface area contributed by atoms with Crippen LogP contribution in [0.3, 0.4) is 0 Å². The van der Waals surface area contributed by atoms with Gasteiger partial charge in [-0.25, -0.2) is 9.13 Å². The summed E-state index contributed by atoms with van der Waals surface area (Å²) in [5, 5.41) is 10.1. The molecule has 0 amide bonds. The van der Waals surface area contributed by atoms with Crippen molar-refractivity contribution >= 4 is 45.4 Å². The lowest BCUT2D eigenvalue weighted by Crippen LogP contribution is -2.31.